The number of nitrogens with two attached hydrogens (primary N) is 1. The summed E-state index contributed by atoms with van der Waals surface area (Å²) in [6, 6.07) is 0. The normalized spacial score (nSPS) is 26.3. The molecule has 0 aromatic rings. The number of carbonyl (C=O) groups excluding carboxylic acids is 3. The zero-order chi connectivity index (χ0) is 12.1. The van der Waals surface area contributed by atoms with E-state index in [1.807, 2.05) is 0 Å². The largest absolute Gasteiger partial charge is 0.318 e. The third-order valence-electron chi connectivity index (χ3n) is 3.24. The number of rotatable bonds is 1. The molecule has 3 amide bonds. The molecule has 2 rings (SSSR count). The Kier molecular flexibility index (Phi) is 2.10. The first-order valence-electron chi connectivity index (χ1n) is 5.23. The van der Waals surface area contributed by atoms with Crippen LogP contribution in [-0.4, -0.2) is 40.2 Å². The smallest absolute Gasteiger partial charge is 0.252 e. The first-order chi connectivity index (χ1) is 7.27. The van der Waals surface area contributed by atoms with Crippen LogP contribution in [0.25, 0.3) is 0 Å². The van der Waals surface area contributed by atoms with Crippen LogP contribution in [0, 0.1) is 0 Å². The van der Waals surface area contributed by atoms with E-state index in [-0.39, 0.29) is 12.5 Å². The third-order valence-corrected chi connectivity index (χ3v) is 3.24. The van der Waals surface area contributed by atoms with E-state index in [1.54, 1.807) is 13.8 Å². The van der Waals surface area contributed by atoms with Crippen molar-refractivity contribution in [2.75, 3.05) is 6.54 Å². The van der Waals surface area contributed by atoms with Gasteiger partial charge in [0.15, 0.2) is 0 Å². The van der Waals surface area contributed by atoms with E-state index >= 15 is 0 Å². The van der Waals surface area contributed by atoms with Crippen molar-refractivity contribution in [2.45, 2.75) is 37.8 Å². The van der Waals surface area contributed by atoms with Crippen LogP contribution >= 0.6 is 0 Å². The van der Waals surface area contributed by atoms with E-state index in [0.717, 1.165) is 0 Å². The molecule has 1 saturated carbocycles. The summed E-state index contributed by atoms with van der Waals surface area (Å²) in [6.07, 6.45) is 1.24. The minimum Gasteiger partial charge on any atom is -0.318 e. The van der Waals surface area contributed by atoms with Crippen LogP contribution in [0.5, 0.6) is 0 Å². The van der Waals surface area contributed by atoms with E-state index in [1.165, 1.54) is 4.90 Å². The third kappa shape index (κ3) is 1.49. The van der Waals surface area contributed by atoms with Gasteiger partial charge in [0.25, 0.3) is 5.91 Å². The van der Waals surface area contributed by atoms with E-state index in [0.29, 0.717) is 12.8 Å². The summed E-state index contributed by atoms with van der Waals surface area (Å²) >= 11 is 0. The van der Waals surface area contributed by atoms with Gasteiger partial charge in [-0.2, -0.15) is 0 Å². The zero-order valence-corrected chi connectivity index (χ0v) is 9.37. The molecule has 0 spiro atoms. The van der Waals surface area contributed by atoms with Gasteiger partial charge in [0, 0.05) is 0 Å². The molecule has 6 heteroatoms. The lowest BCUT2D eigenvalue weighted by atomic mass is 9.97. The second-order valence-electron chi connectivity index (χ2n) is 4.98. The Balaban J connectivity index is 2.27. The minimum absolute atomic E-state index is 0.101. The lowest BCUT2D eigenvalue weighted by Gasteiger charge is -2.41. The molecule has 1 aliphatic heterocycles. The van der Waals surface area contributed by atoms with Crippen LogP contribution in [0.1, 0.15) is 26.7 Å². The fraction of sp³-hybridized carbons (Fsp3) is 0.700. The van der Waals surface area contributed by atoms with Crippen LogP contribution in [0.4, 0.5) is 0 Å². The van der Waals surface area contributed by atoms with Crippen LogP contribution in [0.2, 0.25) is 0 Å². The van der Waals surface area contributed by atoms with Gasteiger partial charge in [-0.05, 0) is 26.7 Å². The van der Waals surface area contributed by atoms with Crippen molar-refractivity contribution in [2.24, 2.45) is 5.73 Å². The topological polar surface area (TPSA) is 92.5 Å². The zero-order valence-electron chi connectivity index (χ0n) is 9.37. The summed E-state index contributed by atoms with van der Waals surface area (Å²) in [5, 5.41) is 2.21. The highest BCUT2D eigenvalue weighted by Gasteiger charge is 2.54. The Hall–Kier alpha value is -1.43. The highest BCUT2D eigenvalue weighted by molar-refractivity contribution is 6.07. The van der Waals surface area contributed by atoms with Gasteiger partial charge in [0.2, 0.25) is 11.8 Å². The van der Waals surface area contributed by atoms with Crippen LogP contribution in [-0.2, 0) is 14.4 Å². The molecular weight excluding hydrogens is 210 g/mol. The van der Waals surface area contributed by atoms with Gasteiger partial charge in [0.1, 0.15) is 12.1 Å². The molecule has 1 heterocycles. The predicted molar refractivity (Wildman–Crippen MR) is 55.1 cm³/mol. The van der Waals surface area contributed by atoms with Gasteiger partial charge in [-0.3, -0.25) is 19.7 Å². The number of imide groups is 1. The maximum absolute atomic E-state index is 12.1. The van der Waals surface area contributed by atoms with E-state index in [2.05, 4.69) is 5.32 Å². The molecule has 1 aliphatic carbocycles. The Bertz CT molecular complexity index is 385. The molecule has 0 aromatic heterocycles. The molecule has 88 valence electrons. The molecule has 1 saturated heterocycles. The molecule has 16 heavy (non-hydrogen) atoms. The maximum atomic E-state index is 12.1. The van der Waals surface area contributed by atoms with Gasteiger partial charge in [-0.25, -0.2) is 0 Å². The summed E-state index contributed by atoms with van der Waals surface area (Å²) in [7, 11) is 0. The van der Waals surface area contributed by atoms with Gasteiger partial charge < -0.3 is 10.6 Å². The molecule has 6 nitrogen and oxygen atoms in total. The van der Waals surface area contributed by atoms with Gasteiger partial charge >= 0.3 is 0 Å². The van der Waals surface area contributed by atoms with Crippen LogP contribution in [0.15, 0.2) is 0 Å². The van der Waals surface area contributed by atoms with Crippen molar-refractivity contribution < 1.29 is 14.4 Å². The predicted octanol–water partition coefficient (Wildman–Crippen LogP) is -1.26. The molecule has 0 unspecified atom stereocenters. The molecular formula is C10H15N3O3. The summed E-state index contributed by atoms with van der Waals surface area (Å²) in [5.41, 5.74) is 3.93. The number of piperazine rings is 1. The second kappa shape index (κ2) is 3.04. The SMILES string of the molecule is CC1(C)C(=O)NC(=O)CN1C(=O)C1(N)CC1. The average molecular weight is 225 g/mol. The number of nitrogens with zero attached hydrogens (tertiary/aromatic N) is 1. The summed E-state index contributed by atoms with van der Waals surface area (Å²) in [5.74, 6) is -1.22. The fourth-order valence-electron chi connectivity index (χ4n) is 1.73. The highest BCUT2D eigenvalue weighted by atomic mass is 16.2. The van der Waals surface area contributed by atoms with Crippen molar-refractivity contribution >= 4 is 17.7 Å². The molecule has 0 aromatic carbocycles. The molecule has 0 radical (unpaired) electrons. The lowest BCUT2D eigenvalue weighted by Crippen LogP contribution is -2.68. The quantitative estimate of drug-likeness (QED) is 0.545. The van der Waals surface area contributed by atoms with Gasteiger partial charge in [-0.15, -0.1) is 0 Å². The van der Waals surface area contributed by atoms with Crippen molar-refractivity contribution in [3.63, 3.8) is 0 Å². The number of carbonyl (C=O) groups is 3. The number of hydrogen-bond donors (Lipinski definition) is 2. The van der Waals surface area contributed by atoms with E-state index in [4.69, 9.17) is 5.73 Å². The first-order valence-corrected chi connectivity index (χ1v) is 5.23. The van der Waals surface area contributed by atoms with Crippen molar-refractivity contribution in [1.82, 2.24) is 10.2 Å². The standard InChI is InChI=1S/C10H15N3O3/c1-9(2)7(15)12-6(14)5-13(9)8(16)10(11)3-4-10/h3-5,11H2,1-2H3,(H,12,14,15). The van der Waals surface area contributed by atoms with Crippen molar-refractivity contribution in [3.8, 4) is 0 Å². The number of hydrogen-bond acceptors (Lipinski definition) is 4. The van der Waals surface area contributed by atoms with Crippen molar-refractivity contribution in [1.29, 1.82) is 0 Å². The summed E-state index contributed by atoms with van der Waals surface area (Å²) < 4.78 is 0. The Labute approximate surface area is 93.1 Å². The Morgan fingerprint density at radius 3 is 2.44 bits per heavy atom. The molecule has 3 N–H and O–H groups in total. The molecule has 2 aliphatic rings. The van der Waals surface area contributed by atoms with Crippen LogP contribution < -0.4 is 11.1 Å². The van der Waals surface area contributed by atoms with E-state index < -0.39 is 22.9 Å². The lowest BCUT2D eigenvalue weighted by molar-refractivity contribution is -0.156. The van der Waals surface area contributed by atoms with Gasteiger partial charge in [-0.1, -0.05) is 0 Å². The first kappa shape index (κ1) is 11.1. The van der Waals surface area contributed by atoms with Crippen LogP contribution in [0.3, 0.4) is 0 Å². The number of amides is 3. The maximum Gasteiger partial charge on any atom is 0.252 e. The van der Waals surface area contributed by atoms with Gasteiger partial charge in [0.05, 0.1) is 5.54 Å². The Morgan fingerprint density at radius 1 is 1.38 bits per heavy atom. The summed E-state index contributed by atoms with van der Waals surface area (Å²) in [6.45, 7) is 3.12. The summed E-state index contributed by atoms with van der Waals surface area (Å²) in [4.78, 5) is 36.2. The number of nitrogens with one attached hydrogen (secondary N) is 1. The molecule has 0 atom stereocenters. The van der Waals surface area contributed by atoms with Crippen molar-refractivity contribution in [3.05, 3.63) is 0 Å². The highest BCUT2D eigenvalue weighted by Crippen LogP contribution is 2.36. The van der Waals surface area contributed by atoms with E-state index in [9.17, 15) is 14.4 Å². The fourth-order valence-corrected chi connectivity index (χ4v) is 1.73. The molecule has 0 bridgehead atoms. The Morgan fingerprint density at radius 2 is 1.94 bits per heavy atom. The monoisotopic (exact) mass is 225 g/mol. The minimum atomic E-state index is -1.01. The molecule has 2 fully saturated rings. The average Bonchev–Trinajstić information content (AvgIpc) is 2.91. The second-order valence-corrected chi connectivity index (χ2v) is 4.98.